The molecule has 0 saturated heterocycles. The van der Waals surface area contributed by atoms with Gasteiger partial charge in [0.05, 0.1) is 4.90 Å². The molecule has 4 heteroatoms. The lowest BCUT2D eigenvalue weighted by atomic mass is 9.90. The van der Waals surface area contributed by atoms with Crippen LogP contribution >= 0.6 is 10.7 Å². The third kappa shape index (κ3) is 2.04. The van der Waals surface area contributed by atoms with Crippen molar-refractivity contribution in [3.05, 3.63) is 28.8 Å². The minimum Gasteiger partial charge on any atom is -0.207 e. The van der Waals surface area contributed by atoms with Crippen LogP contribution in [0.2, 0.25) is 0 Å². The lowest BCUT2D eigenvalue weighted by Crippen LogP contribution is -2.09. The van der Waals surface area contributed by atoms with E-state index in [1.165, 1.54) is 0 Å². The van der Waals surface area contributed by atoms with Gasteiger partial charge in [-0.1, -0.05) is 12.1 Å². The number of hydrogen-bond donors (Lipinski definition) is 0. The van der Waals surface area contributed by atoms with E-state index in [9.17, 15) is 8.42 Å². The van der Waals surface area contributed by atoms with Crippen molar-refractivity contribution in [1.82, 2.24) is 0 Å². The van der Waals surface area contributed by atoms with Crippen molar-refractivity contribution >= 4 is 19.7 Å². The maximum absolute atomic E-state index is 11.5. The molecule has 0 aliphatic heterocycles. The molecule has 2 rings (SSSR count). The van der Waals surface area contributed by atoms with Crippen molar-refractivity contribution in [2.45, 2.75) is 37.5 Å². The lowest BCUT2D eigenvalue weighted by Gasteiger charge is -2.19. The molecule has 0 unspecified atom stereocenters. The third-order valence-electron chi connectivity index (χ3n) is 2.92. The van der Waals surface area contributed by atoms with Crippen LogP contribution in [0.25, 0.3) is 0 Å². The van der Waals surface area contributed by atoms with Gasteiger partial charge in [0.15, 0.2) is 0 Å². The number of halogens is 1. The molecule has 0 saturated carbocycles. The summed E-state index contributed by atoms with van der Waals surface area (Å²) in [5.41, 5.74) is 2.84. The molecule has 82 valence electrons. The Kier molecular flexibility index (Phi) is 2.77. The maximum atomic E-state index is 11.5. The summed E-state index contributed by atoms with van der Waals surface area (Å²) in [5, 5.41) is 0. The molecule has 1 aliphatic carbocycles. The Bertz CT molecular complexity index is 492. The van der Waals surface area contributed by atoms with E-state index in [1.54, 1.807) is 6.92 Å². The van der Waals surface area contributed by atoms with Crippen LogP contribution in [0, 0.1) is 6.92 Å². The van der Waals surface area contributed by atoms with Crippen LogP contribution in [0.3, 0.4) is 0 Å². The Balaban J connectivity index is 2.71. The number of benzene rings is 1. The molecule has 0 heterocycles. The van der Waals surface area contributed by atoms with Crippen molar-refractivity contribution in [1.29, 1.82) is 0 Å². The van der Waals surface area contributed by atoms with Gasteiger partial charge in [0.1, 0.15) is 0 Å². The number of hydrogen-bond acceptors (Lipinski definition) is 2. The second kappa shape index (κ2) is 3.80. The smallest absolute Gasteiger partial charge is 0.207 e. The quantitative estimate of drug-likeness (QED) is 0.712. The Labute approximate surface area is 94.7 Å². The highest BCUT2D eigenvalue weighted by Crippen LogP contribution is 2.31. The second-order valence-electron chi connectivity index (χ2n) is 3.99. The summed E-state index contributed by atoms with van der Waals surface area (Å²) in [4.78, 5) is 0.348. The maximum Gasteiger partial charge on any atom is 0.261 e. The van der Waals surface area contributed by atoms with E-state index in [-0.39, 0.29) is 0 Å². The third-order valence-corrected chi connectivity index (χ3v) is 4.44. The van der Waals surface area contributed by atoms with Gasteiger partial charge in [-0.25, -0.2) is 8.42 Å². The first-order valence-corrected chi connectivity index (χ1v) is 7.37. The second-order valence-corrected chi connectivity index (χ2v) is 6.50. The van der Waals surface area contributed by atoms with Crippen LogP contribution in [-0.2, 0) is 21.9 Å². The molecule has 0 spiro atoms. The molecular formula is C11H13ClO2S. The summed E-state index contributed by atoms with van der Waals surface area (Å²) in [5.74, 6) is 0. The number of rotatable bonds is 1. The van der Waals surface area contributed by atoms with Crippen molar-refractivity contribution in [2.75, 3.05) is 0 Å². The topological polar surface area (TPSA) is 34.1 Å². The summed E-state index contributed by atoms with van der Waals surface area (Å²) in [6.07, 6.45) is 3.99. The fourth-order valence-electron chi connectivity index (χ4n) is 2.25. The molecule has 0 amide bonds. The molecule has 0 fully saturated rings. The van der Waals surface area contributed by atoms with Gasteiger partial charge in [0.2, 0.25) is 0 Å². The molecule has 2 nitrogen and oxygen atoms in total. The van der Waals surface area contributed by atoms with E-state index in [4.69, 9.17) is 10.7 Å². The van der Waals surface area contributed by atoms with Crippen LogP contribution in [0.1, 0.15) is 29.5 Å². The zero-order chi connectivity index (χ0) is 11.1. The SMILES string of the molecule is Cc1ccc2c(c1S(=O)(=O)Cl)CCCC2. The summed E-state index contributed by atoms with van der Waals surface area (Å²) in [6, 6.07) is 3.87. The summed E-state index contributed by atoms with van der Waals surface area (Å²) in [7, 11) is 1.87. The summed E-state index contributed by atoms with van der Waals surface area (Å²) >= 11 is 0. The monoisotopic (exact) mass is 244 g/mol. The van der Waals surface area contributed by atoms with Gasteiger partial charge in [-0.2, -0.15) is 0 Å². The minimum atomic E-state index is -3.60. The van der Waals surface area contributed by atoms with E-state index in [2.05, 4.69) is 0 Å². The first-order chi connectivity index (χ1) is 7.00. The molecular weight excluding hydrogens is 232 g/mol. The van der Waals surface area contributed by atoms with Crippen molar-refractivity contribution in [2.24, 2.45) is 0 Å². The summed E-state index contributed by atoms with van der Waals surface area (Å²) < 4.78 is 23.0. The average Bonchev–Trinajstić information content (AvgIpc) is 2.15. The average molecular weight is 245 g/mol. The fourth-order valence-corrected chi connectivity index (χ4v) is 3.88. The summed E-state index contributed by atoms with van der Waals surface area (Å²) in [6.45, 7) is 1.80. The number of aryl methyl sites for hydroxylation is 2. The highest BCUT2D eigenvalue weighted by Gasteiger charge is 2.22. The van der Waals surface area contributed by atoms with E-state index < -0.39 is 9.05 Å². The Morgan fingerprint density at radius 1 is 1.20 bits per heavy atom. The van der Waals surface area contributed by atoms with Crippen LogP contribution < -0.4 is 0 Å². The predicted molar refractivity (Wildman–Crippen MR) is 60.9 cm³/mol. The van der Waals surface area contributed by atoms with Crippen LogP contribution in [-0.4, -0.2) is 8.42 Å². The molecule has 0 N–H and O–H groups in total. The fraction of sp³-hybridized carbons (Fsp3) is 0.455. The van der Waals surface area contributed by atoms with Gasteiger partial charge in [-0.15, -0.1) is 0 Å². The highest BCUT2D eigenvalue weighted by atomic mass is 35.7. The van der Waals surface area contributed by atoms with Crippen LogP contribution in [0.15, 0.2) is 17.0 Å². The van der Waals surface area contributed by atoms with Gasteiger partial charge in [0.25, 0.3) is 9.05 Å². The molecule has 15 heavy (non-hydrogen) atoms. The van der Waals surface area contributed by atoms with Gasteiger partial charge < -0.3 is 0 Å². The van der Waals surface area contributed by atoms with Gasteiger partial charge in [-0.3, -0.25) is 0 Å². The number of fused-ring (bicyclic) bond motifs is 1. The Morgan fingerprint density at radius 2 is 1.87 bits per heavy atom. The zero-order valence-corrected chi connectivity index (χ0v) is 10.2. The minimum absolute atomic E-state index is 0.348. The van der Waals surface area contributed by atoms with Crippen molar-refractivity contribution in [3.8, 4) is 0 Å². The molecule has 0 radical (unpaired) electrons. The van der Waals surface area contributed by atoms with Gasteiger partial charge in [-0.05, 0) is 49.3 Å². The predicted octanol–water partition coefficient (Wildman–Crippen LogP) is 2.80. The zero-order valence-electron chi connectivity index (χ0n) is 8.59. The Hall–Kier alpha value is -0.540. The van der Waals surface area contributed by atoms with E-state index in [0.717, 1.165) is 42.4 Å². The standard InChI is InChI=1S/C11H13ClO2S/c1-8-6-7-9-4-2-3-5-10(9)11(8)15(12,13)14/h6-7H,2-5H2,1H3. The van der Waals surface area contributed by atoms with Crippen molar-refractivity contribution in [3.63, 3.8) is 0 Å². The lowest BCUT2D eigenvalue weighted by molar-refractivity contribution is 0.603. The van der Waals surface area contributed by atoms with Gasteiger partial charge in [0, 0.05) is 10.7 Å². The molecule has 0 aromatic heterocycles. The van der Waals surface area contributed by atoms with Crippen molar-refractivity contribution < 1.29 is 8.42 Å². The largest absolute Gasteiger partial charge is 0.261 e. The van der Waals surface area contributed by atoms with Crippen LogP contribution in [0.4, 0.5) is 0 Å². The highest BCUT2D eigenvalue weighted by molar-refractivity contribution is 8.13. The Morgan fingerprint density at radius 3 is 2.53 bits per heavy atom. The van der Waals surface area contributed by atoms with E-state index in [1.807, 2.05) is 12.1 Å². The molecule has 0 atom stereocenters. The molecule has 1 aliphatic rings. The van der Waals surface area contributed by atoms with Crippen LogP contribution in [0.5, 0.6) is 0 Å². The molecule has 1 aromatic rings. The normalized spacial score (nSPS) is 16.1. The molecule has 1 aromatic carbocycles. The first-order valence-electron chi connectivity index (χ1n) is 5.06. The van der Waals surface area contributed by atoms with E-state index >= 15 is 0 Å². The van der Waals surface area contributed by atoms with Gasteiger partial charge >= 0.3 is 0 Å². The van der Waals surface area contributed by atoms with E-state index in [0.29, 0.717) is 4.90 Å². The first kappa shape index (κ1) is 11.0. The molecule has 0 bridgehead atoms.